The van der Waals surface area contributed by atoms with Crippen molar-refractivity contribution in [3.05, 3.63) is 69.5 Å². The molecule has 0 spiro atoms. The number of hydrogen-bond donors (Lipinski definition) is 2. The van der Waals surface area contributed by atoms with Gasteiger partial charge in [-0.2, -0.15) is 0 Å². The maximum Gasteiger partial charge on any atom is 0.253 e. The van der Waals surface area contributed by atoms with E-state index < -0.39 is 11.9 Å². The highest BCUT2D eigenvalue weighted by molar-refractivity contribution is 8.03. The molecule has 0 fully saturated rings. The summed E-state index contributed by atoms with van der Waals surface area (Å²) < 4.78 is 14.8. The minimum absolute atomic E-state index is 0.227. The molecule has 0 radical (unpaired) electrons. The van der Waals surface area contributed by atoms with E-state index >= 15 is 0 Å². The number of anilines is 1. The van der Waals surface area contributed by atoms with Crippen LogP contribution in [-0.2, 0) is 20.8 Å². The lowest BCUT2D eigenvalue weighted by atomic mass is 10.1. The summed E-state index contributed by atoms with van der Waals surface area (Å²) in [5, 5.41) is 7.85. The Balaban J connectivity index is 0.00000172. The van der Waals surface area contributed by atoms with Gasteiger partial charge in [-0.05, 0) is 61.9 Å². The number of benzene rings is 2. The molecule has 1 unspecified atom stereocenters. The van der Waals surface area contributed by atoms with Crippen molar-refractivity contribution in [2.24, 2.45) is 0 Å². The summed E-state index contributed by atoms with van der Waals surface area (Å²) in [4.78, 5) is 44.6. The number of thioether (sulfide) groups is 1. The van der Waals surface area contributed by atoms with Gasteiger partial charge in [0.15, 0.2) is 0 Å². The number of halogens is 2. The average Bonchev–Trinajstić information content (AvgIpc) is 2.95. The maximum absolute atomic E-state index is 14.8. The van der Waals surface area contributed by atoms with Crippen LogP contribution >= 0.6 is 23.4 Å². The topological polar surface area (TPSA) is 98.8 Å². The molecule has 38 heavy (non-hydrogen) atoms. The van der Waals surface area contributed by atoms with Crippen molar-refractivity contribution in [3.63, 3.8) is 0 Å². The fraction of sp³-hybridized carbons (Fsp3) is 0.333. The summed E-state index contributed by atoms with van der Waals surface area (Å²) in [6, 6.07) is 9.92. The van der Waals surface area contributed by atoms with Gasteiger partial charge in [-0.3, -0.25) is 4.79 Å². The van der Waals surface area contributed by atoms with Gasteiger partial charge in [0, 0.05) is 49.2 Å². The van der Waals surface area contributed by atoms with Crippen molar-refractivity contribution in [1.82, 2.24) is 15.5 Å². The highest BCUT2D eigenvalue weighted by Gasteiger charge is 2.18. The molecule has 2 N–H and O–H groups in total. The van der Waals surface area contributed by atoms with Crippen LogP contribution in [0, 0.1) is 5.82 Å². The van der Waals surface area contributed by atoms with E-state index in [1.807, 2.05) is 38.8 Å². The lowest BCUT2D eigenvalue weighted by molar-refractivity contribution is -0.109. The summed E-state index contributed by atoms with van der Waals surface area (Å²) >= 11 is 7.66. The lowest BCUT2D eigenvalue weighted by Crippen LogP contribution is -2.34. The molecule has 11 heteroatoms. The highest BCUT2D eigenvalue weighted by atomic mass is 35.5. The van der Waals surface area contributed by atoms with Gasteiger partial charge >= 0.3 is 0 Å². The first kappa shape index (κ1) is 32.8. The molecule has 1 heterocycles. The van der Waals surface area contributed by atoms with Gasteiger partial charge in [-0.1, -0.05) is 29.4 Å². The fourth-order valence-electron chi connectivity index (χ4n) is 3.60. The van der Waals surface area contributed by atoms with Crippen LogP contribution in [0.2, 0.25) is 5.02 Å². The summed E-state index contributed by atoms with van der Waals surface area (Å²) in [5.74, 6) is -0.695. The molecule has 0 aliphatic carbocycles. The Labute approximate surface area is 232 Å². The monoisotopic (exact) mass is 564 g/mol. The molecular formula is C27H34ClFN4O4S. The number of carbonyl (C=O) groups is 4. The molecule has 8 nitrogen and oxygen atoms in total. The zero-order chi connectivity index (χ0) is 28.7. The number of hydrogen-bond acceptors (Lipinski definition) is 8. The maximum atomic E-state index is 14.8. The third kappa shape index (κ3) is 9.59. The average molecular weight is 565 g/mol. The third-order valence-electron chi connectivity index (χ3n) is 5.67. The number of nitrogens with one attached hydrogen (secondary N) is 2. The van der Waals surface area contributed by atoms with Crippen LogP contribution < -0.4 is 15.5 Å². The lowest BCUT2D eigenvalue weighted by Gasteiger charge is -2.25. The van der Waals surface area contributed by atoms with Gasteiger partial charge in [0.25, 0.3) is 5.91 Å². The number of likely N-dealkylation sites (N-methyl/N-ethyl adjacent to an activating group) is 2. The molecule has 1 amide bonds. The van der Waals surface area contributed by atoms with Crippen LogP contribution in [0.15, 0.2) is 52.4 Å². The molecule has 0 bridgehead atoms. The zero-order valence-corrected chi connectivity index (χ0v) is 23.4. The number of rotatable bonds is 11. The van der Waals surface area contributed by atoms with Crippen molar-refractivity contribution in [2.75, 3.05) is 45.7 Å². The number of aldehydes is 1. The zero-order valence-electron chi connectivity index (χ0n) is 21.8. The van der Waals surface area contributed by atoms with Crippen molar-refractivity contribution >= 4 is 54.8 Å². The highest BCUT2D eigenvalue weighted by Crippen LogP contribution is 2.35. The number of fused-ring (bicyclic) bond motifs is 1. The minimum atomic E-state index is -0.468. The smallest absolute Gasteiger partial charge is 0.253 e. The first-order valence-electron chi connectivity index (χ1n) is 11.7. The number of nitrogens with zero attached hydrogens (tertiary/aromatic N) is 2. The number of allylic oxidation sites excluding steroid dienone is 1. The molecule has 0 saturated heterocycles. The fourth-order valence-corrected chi connectivity index (χ4v) is 4.92. The first-order valence-corrected chi connectivity index (χ1v) is 12.9. The van der Waals surface area contributed by atoms with Gasteiger partial charge in [-0.15, -0.1) is 0 Å². The van der Waals surface area contributed by atoms with Crippen molar-refractivity contribution < 1.29 is 23.6 Å². The van der Waals surface area contributed by atoms with E-state index in [2.05, 4.69) is 16.7 Å². The van der Waals surface area contributed by atoms with Crippen LogP contribution in [0.4, 0.5) is 10.1 Å². The number of carbonyl (C=O) groups excluding carboxylic acids is 4. The SMILES string of the molecule is C=O.C=O.CNCCN(C)C(=O)c1ccc(N(C)CCC(C=O)NC2=CCc3ccc(Cl)cc3S2)c(F)c1. The second-order valence-corrected chi connectivity index (χ2v) is 9.74. The van der Waals surface area contributed by atoms with Gasteiger partial charge in [-0.25, -0.2) is 4.39 Å². The van der Waals surface area contributed by atoms with Gasteiger partial charge in [0.2, 0.25) is 0 Å². The Bertz CT molecular complexity index is 1100. The van der Waals surface area contributed by atoms with Gasteiger partial charge < -0.3 is 34.8 Å². The summed E-state index contributed by atoms with van der Waals surface area (Å²) in [5.41, 5.74) is 1.89. The predicted molar refractivity (Wildman–Crippen MR) is 151 cm³/mol. The van der Waals surface area contributed by atoms with Crippen LogP contribution in [0.25, 0.3) is 0 Å². The van der Waals surface area contributed by atoms with Crippen molar-refractivity contribution in [1.29, 1.82) is 0 Å². The summed E-state index contributed by atoms with van der Waals surface area (Å²) in [6.07, 6.45) is 4.20. The first-order chi connectivity index (χ1) is 18.3. The van der Waals surface area contributed by atoms with E-state index in [0.717, 1.165) is 22.6 Å². The second kappa shape index (κ2) is 17.3. The quantitative estimate of drug-likeness (QED) is 0.400. The summed E-state index contributed by atoms with van der Waals surface area (Å²) in [7, 11) is 5.28. The molecule has 2 aromatic carbocycles. The van der Waals surface area contributed by atoms with E-state index in [4.69, 9.17) is 21.2 Å². The molecule has 1 atom stereocenters. The standard InChI is InChI=1S/C25H30ClFN4O2S.2CH2O/c1-28-11-13-31(3)25(33)18-5-8-22(21(27)14-18)30(2)12-10-20(16-32)29-24-9-6-17-4-7-19(26)15-23(17)34-24;2*1-2/h4-5,7-9,14-16,20,28-29H,6,10-13H2,1-3H3;2*1H2. The van der Waals surface area contributed by atoms with E-state index in [0.29, 0.717) is 42.3 Å². The van der Waals surface area contributed by atoms with E-state index in [9.17, 15) is 14.0 Å². The Morgan fingerprint density at radius 3 is 2.50 bits per heavy atom. The minimum Gasteiger partial charge on any atom is -0.372 e. The molecule has 0 saturated carbocycles. The molecule has 206 valence electrons. The Morgan fingerprint density at radius 1 is 1.16 bits per heavy atom. The van der Waals surface area contributed by atoms with Gasteiger partial charge in [0.1, 0.15) is 25.7 Å². The predicted octanol–water partition coefficient (Wildman–Crippen LogP) is 3.57. The molecule has 1 aliphatic heterocycles. The number of amides is 1. The van der Waals surface area contributed by atoms with E-state index in [1.54, 1.807) is 47.8 Å². The molecule has 1 aliphatic rings. The normalized spacial score (nSPS) is 12.3. The molecular weight excluding hydrogens is 531 g/mol. The van der Waals surface area contributed by atoms with Crippen LogP contribution in [0.5, 0.6) is 0 Å². The van der Waals surface area contributed by atoms with E-state index in [1.165, 1.54) is 11.6 Å². The Kier molecular flexibility index (Phi) is 15.0. The Morgan fingerprint density at radius 2 is 1.87 bits per heavy atom. The molecule has 0 aromatic heterocycles. The Hall–Kier alpha value is -3.21. The van der Waals surface area contributed by atoms with E-state index in [-0.39, 0.29) is 5.91 Å². The second-order valence-electron chi connectivity index (χ2n) is 8.22. The molecule has 3 rings (SSSR count). The van der Waals surface area contributed by atoms with Crippen molar-refractivity contribution in [2.45, 2.75) is 23.8 Å². The van der Waals surface area contributed by atoms with Crippen LogP contribution in [0.3, 0.4) is 0 Å². The van der Waals surface area contributed by atoms with Crippen LogP contribution in [0.1, 0.15) is 22.3 Å². The molecule has 2 aromatic rings. The third-order valence-corrected chi connectivity index (χ3v) is 7.01. The largest absolute Gasteiger partial charge is 0.372 e. The van der Waals surface area contributed by atoms with Crippen molar-refractivity contribution in [3.8, 4) is 0 Å². The van der Waals surface area contributed by atoms with Crippen LogP contribution in [-0.4, -0.2) is 77.5 Å². The van der Waals surface area contributed by atoms with Gasteiger partial charge in [0.05, 0.1) is 16.8 Å². The summed E-state index contributed by atoms with van der Waals surface area (Å²) in [6.45, 7) is 5.65.